The van der Waals surface area contributed by atoms with Crippen molar-refractivity contribution in [1.82, 2.24) is 4.98 Å². The fraction of sp³-hybridized carbons (Fsp3) is 0.357. The number of benzene rings is 1. The molecule has 0 radical (unpaired) electrons. The van der Waals surface area contributed by atoms with Gasteiger partial charge in [-0.25, -0.2) is 0 Å². The van der Waals surface area contributed by atoms with Crippen molar-refractivity contribution < 1.29 is 0 Å². The van der Waals surface area contributed by atoms with E-state index in [4.69, 9.17) is 4.98 Å². The van der Waals surface area contributed by atoms with Crippen molar-refractivity contribution in [2.24, 2.45) is 5.92 Å². The second-order valence-electron chi connectivity index (χ2n) is 4.58. The Labute approximate surface area is 105 Å². The van der Waals surface area contributed by atoms with Crippen LogP contribution in [0, 0.1) is 5.92 Å². The first kappa shape index (κ1) is 11.6. The van der Waals surface area contributed by atoms with Gasteiger partial charge in [0.1, 0.15) is 0 Å². The molecule has 1 nitrogen and oxygen atoms in total. The monoisotopic (exact) mass is 277 g/mol. The second-order valence-corrected chi connectivity index (χ2v) is 5.43. The molecule has 2 aromatic rings. The summed E-state index contributed by atoms with van der Waals surface area (Å²) in [5.74, 6) is 1.13. The van der Waals surface area contributed by atoms with Crippen LogP contribution in [0.1, 0.15) is 32.4 Å². The number of aromatic nitrogens is 1. The van der Waals surface area contributed by atoms with Gasteiger partial charge in [0.25, 0.3) is 0 Å². The first-order valence-electron chi connectivity index (χ1n) is 5.64. The van der Waals surface area contributed by atoms with Crippen molar-refractivity contribution in [2.75, 3.05) is 0 Å². The molecule has 0 aliphatic rings. The lowest BCUT2D eigenvalue weighted by molar-refractivity contribution is 0.525. The van der Waals surface area contributed by atoms with Gasteiger partial charge in [0, 0.05) is 21.5 Å². The van der Waals surface area contributed by atoms with Crippen LogP contribution in [0.5, 0.6) is 0 Å². The minimum absolute atomic E-state index is 0.503. The normalized spacial score (nSPS) is 13.3. The van der Waals surface area contributed by atoms with Gasteiger partial charge < -0.3 is 0 Å². The zero-order chi connectivity index (χ0) is 11.7. The van der Waals surface area contributed by atoms with Crippen molar-refractivity contribution in [2.45, 2.75) is 26.7 Å². The van der Waals surface area contributed by atoms with E-state index in [0.29, 0.717) is 11.8 Å². The van der Waals surface area contributed by atoms with E-state index in [9.17, 15) is 0 Å². The molecule has 1 aromatic carbocycles. The van der Waals surface area contributed by atoms with Crippen molar-refractivity contribution in [3.63, 3.8) is 0 Å². The third kappa shape index (κ3) is 2.12. The van der Waals surface area contributed by atoms with Gasteiger partial charge in [0.2, 0.25) is 0 Å². The lowest BCUT2D eigenvalue weighted by atomic mass is 9.94. The van der Waals surface area contributed by atoms with Crippen LogP contribution in [0.3, 0.4) is 0 Å². The standard InChI is InChI=1S/C14H16BrN/c1-9(2)10(3)13-8-7-11-12(15)5-4-6-14(11)16-13/h4-10H,1-3H3. The fourth-order valence-electron chi connectivity index (χ4n) is 1.73. The molecule has 1 unspecified atom stereocenters. The van der Waals surface area contributed by atoms with Crippen LogP contribution in [0.4, 0.5) is 0 Å². The molecule has 0 aliphatic carbocycles. The summed E-state index contributed by atoms with van der Waals surface area (Å²) in [6.07, 6.45) is 0. The summed E-state index contributed by atoms with van der Waals surface area (Å²) >= 11 is 3.55. The van der Waals surface area contributed by atoms with E-state index in [0.717, 1.165) is 9.99 Å². The first-order chi connectivity index (χ1) is 7.59. The first-order valence-corrected chi connectivity index (χ1v) is 6.44. The van der Waals surface area contributed by atoms with Crippen LogP contribution < -0.4 is 0 Å². The molecule has 1 heterocycles. The zero-order valence-electron chi connectivity index (χ0n) is 9.87. The minimum atomic E-state index is 0.503. The van der Waals surface area contributed by atoms with E-state index in [1.54, 1.807) is 0 Å². The Bertz CT molecular complexity index is 505. The Hall–Kier alpha value is -0.890. The zero-order valence-corrected chi connectivity index (χ0v) is 11.5. The number of pyridine rings is 1. The van der Waals surface area contributed by atoms with E-state index in [1.165, 1.54) is 11.1 Å². The van der Waals surface area contributed by atoms with Crippen LogP contribution in [0.2, 0.25) is 0 Å². The second kappa shape index (κ2) is 4.54. The van der Waals surface area contributed by atoms with Crippen molar-refractivity contribution in [1.29, 1.82) is 0 Å². The summed E-state index contributed by atoms with van der Waals surface area (Å²) in [7, 11) is 0. The summed E-state index contributed by atoms with van der Waals surface area (Å²) in [5, 5.41) is 1.18. The fourth-order valence-corrected chi connectivity index (χ4v) is 2.22. The molecule has 0 saturated carbocycles. The highest BCUT2D eigenvalue weighted by Gasteiger charge is 2.12. The number of fused-ring (bicyclic) bond motifs is 1. The molecule has 1 atom stereocenters. The summed E-state index contributed by atoms with van der Waals surface area (Å²) < 4.78 is 1.11. The van der Waals surface area contributed by atoms with E-state index in [-0.39, 0.29) is 0 Å². The Morgan fingerprint density at radius 2 is 1.81 bits per heavy atom. The van der Waals surface area contributed by atoms with Gasteiger partial charge in [-0.2, -0.15) is 0 Å². The largest absolute Gasteiger partial charge is 0.253 e. The highest BCUT2D eigenvalue weighted by atomic mass is 79.9. The van der Waals surface area contributed by atoms with Crippen LogP contribution in [0.25, 0.3) is 10.9 Å². The molecule has 1 aromatic heterocycles. The molecule has 0 bridgehead atoms. The number of hydrogen-bond donors (Lipinski definition) is 0. The topological polar surface area (TPSA) is 12.9 Å². The minimum Gasteiger partial charge on any atom is -0.253 e. The van der Waals surface area contributed by atoms with E-state index in [1.807, 2.05) is 6.07 Å². The summed E-state index contributed by atoms with van der Waals surface area (Å²) in [5.41, 5.74) is 2.25. The van der Waals surface area contributed by atoms with Gasteiger partial charge >= 0.3 is 0 Å². The molecular formula is C14H16BrN. The van der Waals surface area contributed by atoms with E-state index < -0.39 is 0 Å². The summed E-state index contributed by atoms with van der Waals surface area (Å²) in [6.45, 7) is 6.70. The number of halogens is 1. The van der Waals surface area contributed by atoms with E-state index >= 15 is 0 Å². The third-order valence-electron chi connectivity index (χ3n) is 3.17. The molecule has 2 rings (SSSR count). The number of hydrogen-bond acceptors (Lipinski definition) is 1. The Balaban J connectivity index is 2.53. The maximum absolute atomic E-state index is 4.73. The number of nitrogens with zero attached hydrogens (tertiary/aromatic N) is 1. The predicted molar refractivity (Wildman–Crippen MR) is 72.7 cm³/mol. The average molecular weight is 278 g/mol. The summed E-state index contributed by atoms with van der Waals surface area (Å²) in [6, 6.07) is 10.4. The van der Waals surface area contributed by atoms with Crippen molar-refractivity contribution in [3.05, 3.63) is 40.5 Å². The van der Waals surface area contributed by atoms with Crippen molar-refractivity contribution in [3.8, 4) is 0 Å². The lowest BCUT2D eigenvalue weighted by Gasteiger charge is -2.15. The van der Waals surface area contributed by atoms with Gasteiger partial charge in [0.05, 0.1) is 5.52 Å². The predicted octanol–water partition coefficient (Wildman–Crippen LogP) is 4.76. The smallest absolute Gasteiger partial charge is 0.0716 e. The van der Waals surface area contributed by atoms with Crippen LogP contribution in [0.15, 0.2) is 34.8 Å². The van der Waals surface area contributed by atoms with Crippen LogP contribution in [-0.2, 0) is 0 Å². The molecule has 0 aliphatic heterocycles. The molecule has 84 valence electrons. The Kier molecular flexibility index (Phi) is 3.29. The molecule has 0 saturated heterocycles. The molecule has 16 heavy (non-hydrogen) atoms. The molecule has 0 amide bonds. The molecule has 0 N–H and O–H groups in total. The van der Waals surface area contributed by atoms with Gasteiger partial charge in [0.15, 0.2) is 0 Å². The Morgan fingerprint density at radius 1 is 1.06 bits per heavy atom. The quantitative estimate of drug-likeness (QED) is 0.772. The molecule has 0 spiro atoms. The van der Waals surface area contributed by atoms with Crippen molar-refractivity contribution >= 4 is 26.8 Å². The summed E-state index contributed by atoms with van der Waals surface area (Å²) in [4.78, 5) is 4.73. The van der Waals surface area contributed by atoms with Gasteiger partial charge in [-0.05, 0) is 30.2 Å². The average Bonchev–Trinajstić information content (AvgIpc) is 2.28. The Morgan fingerprint density at radius 3 is 2.50 bits per heavy atom. The molecular weight excluding hydrogens is 262 g/mol. The van der Waals surface area contributed by atoms with Gasteiger partial charge in [-0.15, -0.1) is 0 Å². The molecule has 0 fully saturated rings. The lowest BCUT2D eigenvalue weighted by Crippen LogP contribution is -2.04. The third-order valence-corrected chi connectivity index (χ3v) is 3.86. The van der Waals surface area contributed by atoms with Gasteiger partial charge in [-0.1, -0.05) is 42.8 Å². The van der Waals surface area contributed by atoms with Gasteiger partial charge in [-0.3, -0.25) is 4.98 Å². The SMILES string of the molecule is CC(C)C(C)c1ccc2c(Br)cccc2n1. The molecule has 2 heteroatoms. The highest BCUT2D eigenvalue weighted by Crippen LogP contribution is 2.27. The highest BCUT2D eigenvalue weighted by molar-refractivity contribution is 9.10. The van der Waals surface area contributed by atoms with E-state index in [2.05, 4.69) is 61.0 Å². The maximum Gasteiger partial charge on any atom is 0.0716 e. The van der Waals surface area contributed by atoms with Crippen LogP contribution >= 0.6 is 15.9 Å². The maximum atomic E-state index is 4.73. The van der Waals surface area contributed by atoms with Crippen LogP contribution in [-0.4, -0.2) is 4.98 Å². The number of rotatable bonds is 2.